The number of aliphatic imine (C=N–C) groups is 1. The Hall–Kier alpha value is -3.94. The molecule has 1 aromatic carbocycles. The molecule has 3 heterocycles. The summed E-state index contributed by atoms with van der Waals surface area (Å²) in [6, 6.07) is 12.8. The second kappa shape index (κ2) is 6.17. The molecular weight excluding hydrogens is 336 g/mol. The van der Waals surface area contributed by atoms with Crippen LogP contribution in [0.15, 0.2) is 70.4 Å². The molecule has 0 aliphatic rings. The van der Waals surface area contributed by atoms with E-state index in [4.69, 9.17) is 4.42 Å². The third-order valence-electron chi connectivity index (χ3n) is 3.81. The molecule has 8 heteroatoms. The van der Waals surface area contributed by atoms with Crippen molar-refractivity contribution in [2.24, 2.45) is 4.99 Å². The van der Waals surface area contributed by atoms with Gasteiger partial charge in [-0.25, -0.2) is 9.98 Å². The van der Waals surface area contributed by atoms with E-state index in [0.717, 1.165) is 0 Å². The number of phenols is 1. The summed E-state index contributed by atoms with van der Waals surface area (Å²) in [6.45, 7) is 0. The summed E-state index contributed by atoms with van der Waals surface area (Å²) in [5.74, 6) is 0.929. The van der Waals surface area contributed by atoms with Crippen LogP contribution >= 0.6 is 0 Å². The van der Waals surface area contributed by atoms with Crippen molar-refractivity contribution < 1.29 is 14.4 Å². The van der Waals surface area contributed by atoms with Gasteiger partial charge in [-0.3, -0.25) is 14.5 Å². The number of furan rings is 1. The largest absolute Gasteiger partial charge is 0.507 e. The SMILES string of the molecule is O=[N+]([O-])c1ccc(O)c(/C=N/c2c(-c3ccco3)nc3ccccn23)c1. The summed E-state index contributed by atoms with van der Waals surface area (Å²) in [5.41, 5.74) is 1.31. The zero-order chi connectivity index (χ0) is 18.1. The number of aromatic nitrogens is 2. The van der Waals surface area contributed by atoms with E-state index in [1.54, 1.807) is 29.0 Å². The molecular formula is C18H12N4O4. The standard InChI is InChI=1S/C18H12N4O4/c23-14-7-6-13(22(24)25)10-12(14)11-19-18-17(15-4-3-9-26-15)20-16-5-1-2-8-21(16)18/h1-11,23H/b19-11+. The van der Waals surface area contributed by atoms with Crippen molar-refractivity contribution in [1.29, 1.82) is 0 Å². The van der Waals surface area contributed by atoms with Crippen LogP contribution in [0.2, 0.25) is 0 Å². The van der Waals surface area contributed by atoms with Crippen LogP contribution in [-0.4, -0.2) is 25.6 Å². The molecule has 0 unspecified atom stereocenters. The lowest BCUT2D eigenvalue weighted by atomic mass is 10.2. The van der Waals surface area contributed by atoms with Crippen LogP contribution in [0.25, 0.3) is 17.1 Å². The number of imidazole rings is 1. The zero-order valence-corrected chi connectivity index (χ0v) is 13.3. The first-order valence-electron chi connectivity index (χ1n) is 7.66. The van der Waals surface area contributed by atoms with E-state index in [2.05, 4.69) is 9.98 Å². The fourth-order valence-electron chi connectivity index (χ4n) is 2.57. The molecule has 0 amide bonds. The van der Waals surface area contributed by atoms with Crippen molar-refractivity contribution >= 4 is 23.4 Å². The van der Waals surface area contributed by atoms with Gasteiger partial charge >= 0.3 is 0 Å². The first-order chi connectivity index (χ1) is 12.6. The van der Waals surface area contributed by atoms with Crippen LogP contribution in [0.5, 0.6) is 5.75 Å². The van der Waals surface area contributed by atoms with E-state index in [1.165, 1.54) is 24.4 Å². The molecule has 0 radical (unpaired) electrons. The number of aromatic hydroxyl groups is 1. The number of non-ortho nitro benzene ring substituents is 1. The summed E-state index contributed by atoms with van der Waals surface area (Å²) in [4.78, 5) is 19.3. The Morgan fingerprint density at radius 2 is 2.12 bits per heavy atom. The molecule has 26 heavy (non-hydrogen) atoms. The maximum absolute atomic E-state index is 10.9. The lowest BCUT2D eigenvalue weighted by molar-refractivity contribution is -0.384. The van der Waals surface area contributed by atoms with Gasteiger partial charge in [-0.1, -0.05) is 6.07 Å². The number of pyridine rings is 1. The van der Waals surface area contributed by atoms with Crippen LogP contribution in [0.1, 0.15) is 5.56 Å². The van der Waals surface area contributed by atoms with Gasteiger partial charge in [0.15, 0.2) is 17.3 Å². The number of rotatable bonds is 4. The van der Waals surface area contributed by atoms with Crippen molar-refractivity contribution in [3.63, 3.8) is 0 Å². The first-order valence-corrected chi connectivity index (χ1v) is 7.66. The van der Waals surface area contributed by atoms with Crippen molar-refractivity contribution in [3.8, 4) is 17.2 Å². The van der Waals surface area contributed by atoms with Gasteiger partial charge in [-0.2, -0.15) is 0 Å². The molecule has 0 aliphatic carbocycles. The number of nitro benzene ring substituents is 1. The zero-order valence-electron chi connectivity index (χ0n) is 13.3. The first kappa shape index (κ1) is 15.6. The van der Waals surface area contributed by atoms with Crippen LogP contribution < -0.4 is 0 Å². The van der Waals surface area contributed by atoms with Gasteiger partial charge in [0, 0.05) is 30.1 Å². The maximum Gasteiger partial charge on any atom is 0.270 e. The molecule has 8 nitrogen and oxygen atoms in total. The fourth-order valence-corrected chi connectivity index (χ4v) is 2.57. The number of phenolic OH excluding ortho intramolecular Hbond substituents is 1. The minimum Gasteiger partial charge on any atom is -0.507 e. The summed E-state index contributed by atoms with van der Waals surface area (Å²) >= 11 is 0. The van der Waals surface area contributed by atoms with Gasteiger partial charge in [-0.15, -0.1) is 0 Å². The van der Waals surface area contributed by atoms with Crippen molar-refractivity contribution in [2.45, 2.75) is 0 Å². The Labute approximate surface area is 146 Å². The van der Waals surface area contributed by atoms with Gasteiger partial charge < -0.3 is 9.52 Å². The van der Waals surface area contributed by atoms with E-state index in [9.17, 15) is 15.2 Å². The predicted octanol–water partition coefficient (Wildman–Crippen LogP) is 3.96. The molecule has 1 N–H and O–H groups in total. The Morgan fingerprint density at radius 1 is 1.23 bits per heavy atom. The van der Waals surface area contributed by atoms with Crippen LogP contribution in [0.4, 0.5) is 11.5 Å². The molecule has 0 saturated carbocycles. The highest BCUT2D eigenvalue weighted by molar-refractivity contribution is 5.88. The summed E-state index contributed by atoms with van der Waals surface area (Å²) in [7, 11) is 0. The van der Waals surface area contributed by atoms with Crippen LogP contribution in [-0.2, 0) is 0 Å². The van der Waals surface area contributed by atoms with Crippen molar-refractivity contribution in [3.05, 3.63) is 76.7 Å². The number of nitro groups is 1. The second-order valence-electron chi connectivity index (χ2n) is 5.45. The molecule has 128 valence electrons. The summed E-state index contributed by atoms with van der Waals surface area (Å²) in [5, 5.41) is 20.9. The lowest BCUT2D eigenvalue weighted by Crippen LogP contribution is -1.91. The van der Waals surface area contributed by atoms with Gasteiger partial charge in [0.25, 0.3) is 5.69 Å². The minimum absolute atomic E-state index is 0.104. The van der Waals surface area contributed by atoms with Crippen LogP contribution in [0, 0.1) is 10.1 Å². The number of fused-ring (bicyclic) bond motifs is 1. The van der Waals surface area contributed by atoms with E-state index >= 15 is 0 Å². The minimum atomic E-state index is -0.528. The molecule has 4 aromatic rings. The molecule has 0 fully saturated rings. The Bertz CT molecular complexity index is 1130. The van der Waals surface area contributed by atoms with Gasteiger partial charge in [0.2, 0.25) is 0 Å². The molecule has 0 saturated heterocycles. The van der Waals surface area contributed by atoms with Crippen molar-refractivity contribution in [1.82, 2.24) is 9.38 Å². The Morgan fingerprint density at radius 3 is 2.88 bits per heavy atom. The van der Waals surface area contributed by atoms with Gasteiger partial charge in [0.1, 0.15) is 11.4 Å². The molecule has 0 atom stereocenters. The third kappa shape index (κ3) is 2.69. The van der Waals surface area contributed by atoms with E-state index in [0.29, 0.717) is 22.9 Å². The summed E-state index contributed by atoms with van der Waals surface area (Å²) in [6.07, 6.45) is 4.71. The lowest BCUT2D eigenvalue weighted by Gasteiger charge is -2.00. The number of hydrogen-bond acceptors (Lipinski definition) is 6. The van der Waals surface area contributed by atoms with Gasteiger partial charge in [0.05, 0.1) is 11.2 Å². The topological polar surface area (TPSA) is 106 Å². The highest BCUT2D eigenvalue weighted by Crippen LogP contribution is 2.31. The van der Waals surface area contributed by atoms with Crippen LogP contribution in [0.3, 0.4) is 0 Å². The van der Waals surface area contributed by atoms with E-state index in [1.807, 2.05) is 18.2 Å². The predicted molar refractivity (Wildman–Crippen MR) is 94.9 cm³/mol. The number of nitrogens with zero attached hydrogens (tertiary/aromatic N) is 4. The normalized spacial score (nSPS) is 11.4. The molecule has 0 bridgehead atoms. The molecule has 4 rings (SSSR count). The second-order valence-corrected chi connectivity index (χ2v) is 5.45. The number of benzene rings is 1. The highest BCUT2D eigenvalue weighted by Gasteiger charge is 2.15. The highest BCUT2D eigenvalue weighted by atomic mass is 16.6. The molecule has 3 aromatic heterocycles. The Kier molecular flexibility index (Phi) is 3.70. The molecule has 0 aliphatic heterocycles. The monoisotopic (exact) mass is 348 g/mol. The number of hydrogen-bond donors (Lipinski definition) is 1. The molecule has 0 spiro atoms. The quantitative estimate of drug-likeness (QED) is 0.341. The summed E-state index contributed by atoms with van der Waals surface area (Å²) < 4.78 is 7.19. The van der Waals surface area contributed by atoms with Crippen molar-refractivity contribution in [2.75, 3.05) is 0 Å². The average Bonchev–Trinajstić information content (AvgIpc) is 3.28. The average molecular weight is 348 g/mol. The van der Waals surface area contributed by atoms with E-state index in [-0.39, 0.29) is 17.0 Å². The van der Waals surface area contributed by atoms with E-state index < -0.39 is 4.92 Å². The smallest absolute Gasteiger partial charge is 0.270 e. The van der Waals surface area contributed by atoms with Gasteiger partial charge in [-0.05, 0) is 30.3 Å². The maximum atomic E-state index is 10.9. The Balaban J connectivity index is 1.85. The third-order valence-corrected chi connectivity index (χ3v) is 3.81. The fraction of sp³-hybridized carbons (Fsp3) is 0.